The molecule has 0 aromatic carbocycles. The molecule has 0 unspecified atom stereocenters. The first-order valence-corrected chi connectivity index (χ1v) is 4.50. The number of fused-ring (bicyclic) bond motifs is 1. The highest BCUT2D eigenvalue weighted by molar-refractivity contribution is 5.08. The van der Waals surface area contributed by atoms with E-state index in [9.17, 15) is 0 Å². The number of rotatable bonds is 0. The molecule has 4 heteroatoms. The lowest BCUT2D eigenvalue weighted by Crippen LogP contribution is -2.08. The second kappa shape index (κ2) is 3.56. The Morgan fingerprint density at radius 2 is 1.17 bits per heavy atom. The maximum Gasteiger partial charge on any atom is 0.0883 e. The minimum atomic E-state index is 1.03. The monoisotopic (exact) mass is 164 g/mol. The van der Waals surface area contributed by atoms with E-state index >= 15 is 0 Å². The van der Waals surface area contributed by atoms with Gasteiger partial charge in [-0.3, -0.25) is 0 Å². The normalized spacial score (nSPS) is 17.7. The molecule has 0 N–H and O–H groups in total. The van der Waals surface area contributed by atoms with Crippen molar-refractivity contribution in [3.05, 3.63) is 11.4 Å². The van der Waals surface area contributed by atoms with Crippen LogP contribution in [0, 0.1) is 0 Å². The number of aromatic nitrogens is 4. The van der Waals surface area contributed by atoms with Crippen LogP contribution in [0.2, 0.25) is 0 Å². The van der Waals surface area contributed by atoms with E-state index in [0.717, 1.165) is 24.2 Å². The second-order valence-corrected chi connectivity index (χ2v) is 3.19. The highest BCUT2D eigenvalue weighted by Crippen LogP contribution is 2.14. The first-order valence-electron chi connectivity index (χ1n) is 4.50. The van der Waals surface area contributed by atoms with Gasteiger partial charge in [-0.15, -0.1) is 10.2 Å². The van der Waals surface area contributed by atoms with Crippen LogP contribution in [0.25, 0.3) is 0 Å². The summed E-state index contributed by atoms with van der Waals surface area (Å²) in [6.45, 7) is 0. The fourth-order valence-corrected chi connectivity index (χ4v) is 1.59. The second-order valence-electron chi connectivity index (χ2n) is 3.19. The fourth-order valence-electron chi connectivity index (χ4n) is 1.59. The van der Waals surface area contributed by atoms with Gasteiger partial charge in [0.25, 0.3) is 0 Å². The van der Waals surface area contributed by atoms with Crippen LogP contribution in [0.1, 0.15) is 37.1 Å². The van der Waals surface area contributed by atoms with Crippen molar-refractivity contribution in [1.82, 2.24) is 20.6 Å². The Balaban J connectivity index is 2.24. The average molecular weight is 164 g/mol. The van der Waals surface area contributed by atoms with E-state index in [-0.39, 0.29) is 0 Å². The van der Waals surface area contributed by atoms with E-state index in [1.807, 2.05) is 0 Å². The van der Waals surface area contributed by atoms with Crippen LogP contribution in [0.4, 0.5) is 0 Å². The molecule has 4 nitrogen and oxygen atoms in total. The lowest BCUT2D eigenvalue weighted by Gasteiger charge is -2.08. The summed E-state index contributed by atoms with van der Waals surface area (Å²) < 4.78 is 0. The Kier molecular flexibility index (Phi) is 2.25. The Hall–Kier alpha value is -1.06. The van der Waals surface area contributed by atoms with Crippen LogP contribution in [-0.4, -0.2) is 20.6 Å². The maximum absolute atomic E-state index is 4.00. The lowest BCUT2D eigenvalue weighted by atomic mass is 10.0. The van der Waals surface area contributed by atoms with Gasteiger partial charge in [-0.05, 0) is 36.1 Å². The first kappa shape index (κ1) is 7.58. The molecule has 0 saturated carbocycles. The third-order valence-electron chi connectivity index (χ3n) is 2.28. The molecule has 1 heterocycles. The van der Waals surface area contributed by atoms with Crippen molar-refractivity contribution >= 4 is 0 Å². The van der Waals surface area contributed by atoms with E-state index in [1.54, 1.807) is 0 Å². The van der Waals surface area contributed by atoms with Gasteiger partial charge >= 0.3 is 0 Å². The van der Waals surface area contributed by atoms with Gasteiger partial charge in [0.15, 0.2) is 0 Å². The Morgan fingerprint density at radius 3 is 1.67 bits per heavy atom. The van der Waals surface area contributed by atoms with Gasteiger partial charge in [-0.1, -0.05) is 12.8 Å². The van der Waals surface area contributed by atoms with Gasteiger partial charge in [-0.2, -0.15) is 0 Å². The van der Waals surface area contributed by atoms with Gasteiger partial charge < -0.3 is 0 Å². The molecule has 0 aliphatic heterocycles. The zero-order valence-corrected chi connectivity index (χ0v) is 7.03. The molecule has 2 rings (SSSR count). The summed E-state index contributed by atoms with van der Waals surface area (Å²) in [6.07, 6.45) is 7.10. The van der Waals surface area contributed by atoms with Crippen molar-refractivity contribution in [3.63, 3.8) is 0 Å². The standard InChI is InChI=1S/C8H12N4/c1-2-4-6-8-7(5-3-1)9-11-12-10-8/h1-6H2. The summed E-state index contributed by atoms with van der Waals surface area (Å²) in [5.74, 6) is 0. The molecule has 12 heavy (non-hydrogen) atoms. The van der Waals surface area contributed by atoms with Crippen molar-refractivity contribution in [2.24, 2.45) is 0 Å². The van der Waals surface area contributed by atoms with Gasteiger partial charge in [-0.25, -0.2) is 0 Å². The molecular formula is C8H12N4. The molecule has 0 fully saturated rings. The van der Waals surface area contributed by atoms with Crippen LogP contribution in [0.5, 0.6) is 0 Å². The molecule has 1 aromatic rings. The topological polar surface area (TPSA) is 51.6 Å². The summed E-state index contributed by atoms with van der Waals surface area (Å²) >= 11 is 0. The van der Waals surface area contributed by atoms with E-state index in [2.05, 4.69) is 20.6 Å². The minimum absolute atomic E-state index is 1.03. The molecule has 0 spiro atoms. The quantitative estimate of drug-likeness (QED) is 0.572. The minimum Gasteiger partial charge on any atom is -0.132 e. The molecule has 1 aliphatic carbocycles. The SMILES string of the molecule is C1CCCc2nnnnc2CC1. The zero-order chi connectivity index (χ0) is 8.23. The Morgan fingerprint density at radius 1 is 0.667 bits per heavy atom. The largest absolute Gasteiger partial charge is 0.132 e. The first-order chi connectivity index (χ1) is 5.97. The van der Waals surface area contributed by atoms with Crippen molar-refractivity contribution in [3.8, 4) is 0 Å². The van der Waals surface area contributed by atoms with Crippen LogP contribution >= 0.6 is 0 Å². The highest BCUT2D eigenvalue weighted by Gasteiger charge is 2.09. The number of nitrogens with zero attached hydrogens (tertiary/aromatic N) is 4. The molecule has 1 aromatic heterocycles. The summed E-state index contributed by atoms with van der Waals surface area (Å²) in [6, 6.07) is 0. The van der Waals surface area contributed by atoms with Crippen LogP contribution in [0.15, 0.2) is 0 Å². The molecule has 0 radical (unpaired) electrons. The highest BCUT2D eigenvalue weighted by atomic mass is 15.4. The molecule has 64 valence electrons. The van der Waals surface area contributed by atoms with Crippen LogP contribution in [-0.2, 0) is 12.8 Å². The molecule has 0 saturated heterocycles. The smallest absolute Gasteiger partial charge is 0.0883 e. The molecule has 0 atom stereocenters. The summed E-state index contributed by atoms with van der Waals surface area (Å²) in [5, 5.41) is 15.1. The van der Waals surface area contributed by atoms with E-state index in [1.165, 1.54) is 25.7 Å². The number of hydrogen-bond donors (Lipinski definition) is 0. The third kappa shape index (κ3) is 1.57. The predicted octanol–water partition coefficient (Wildman–Crippen LogP) is 0.926. The summed E-state index contributed by atoms with van der Waals surface area (Å²) in [4.78, 5) is 0. The number of hydrogen-bond acceptors (Lipinski definition) is 4. The Bertz CT molecular complexity index is 234. The van der Waals surface area contributed by atoms with Crippen LogP contribution < -0.4 is 0 Å². The van der Waals surface area contributed by atoms with E-state index < -0.39 is 0 Å². The van der Waals surface area contributed by atoms with Crippen molar-refractivity contribution in [2.75, 3.05) is 0 Å². The Labute approximate surface area is 71.4 Å². The predicted molar refractivity (Wildman–Crippen MR) is 43.5 cm³/mol. The molecule has 1 aliphatic rings. The van der Waals surface area contributed by atoms with E-state index in [0.29, 0.717) is 0 Å². The number of aryl methyl sites for hydroxylation is 2. The van der Waals surface area contributed by atoms with Crippen molar-refractivity contribution in [1.29, 1.82) is 0 Å². The fraction of sp³-hybridized carbons (Fsp3) is 0.750. The molecule has 0 amide bonds. The lowest BCUT2D eigenvalue weighted by molar-refractivity contribution is 0.569. The molecular weight excluding hydrogens is 152 g/mol. The van der Waals surface area contributed by atoms with Gasteiger partial charge in [0.2, 0.25) is 0 Å². The molecule has 0 bridgehead atoms. The van der Waals surface area contributed by atoms with Crippen LogP contribution in [0.3, 0.4) is 0 Å². The van der Waals surface area contributed by atoms with Crippen molar-refractivity contribution < 1.29 is 0 Å². The summed E-state index contributed by atoms with van der Waals surface area (Å²) in [7, 11) is 0. The van der Waals surface area contributed by atoms with Gasteiger partial charge in [0, 0.05) is 0 Å². The van der Waals surface area contributed by atoms with Gasteiger partial charge in [0.1, 0.15) is 0 Å². The maximum atomic E-state index is 4.00. The van der Waals surface area contributed by atoms with E-state index in [4.69, 9.17) is 0 Å². The third-order valence-corrected chi connectivity index (χ3v) is 2.28. The zero-order valence-electron chi connectivity index (χ0n) is 7.03. The summed E-state index contributed by atoms with van der Waals surface area (Å²) in [5.41, 5.74) is 2.12. The van der Waals surface area contributed by atoms with Crippen molar-refractivity contribution in [2.45, 2.75) is 38.5 Å². The average Bonchev–Trinajstić information content (AvgIpc) is 2.06. The van der Waals surface area contributed by atoms with Gasteiger partial charge in [0.05, 0.1) is 11.4 Å².